The van der Waals surface area contributed by atoms with Crippen LogP contribution in [0.5, 0.6) is 5.75 Å². The van der Waals surface area contributed by atoms with Crippen LogP contribution in [0.15, 0.2) is 48.0 Å². The summed E-state index contributed by atoms with van der Waals surface area (Å²) in [7, 11) is 1.55. The maximum Gasteiger partial charge on any atom is 0.296 e. The van der Waals surface area contributed by atoms with Crippen LogP contribution in [0, 0.1) is 0 Å². The summed E-state index contributed by atoms with van der Waals surface area (Å²) in [4.78, 5) is 43.9. The van der Waals surface area contributed by atoms with Gasteiger partial charge in [0.05, 0.1) is 11.3 Å². The van der Waals surface area contributed by atoms with Crippen LogP contribution < -0.4 is 9.64 Å². The number of nitrogens with zero attached hydrogens (tertiary/aromatic N) is 2. The van der Waals surface area contributed by atoms with Crippen molar-refractivity contribution in [2.24, 2.45) is 0 Å². The van der Waals surface area contributed by atoms with E-state index in [2.05, 4.69) is 0 Å². The molecule has 0 saturated carbocycles. The first-order valence-corrected chi connectivity index (χ1v) is 11.9. The molecule has 2 aromatic rings. The second kappa shape index (κ2) is 8.53. The lowest BCUT2D eigenvalue weighted by molar-refractivity contribution is -0.143. The van der Waals surface area contributed by atoms with Gasteiger partial charge < -0.3 is 24.4 Å². The number of amides is 2. The van der Waals surface area contributed by atoms with E-state index in [0.29, 0.717) is 42.8 Å². The normalized spacial score (nSPS) is 24.3. The number of likely N-dealkylation sites (tertiary alicyclic amines) is 1. The first-order valence-electron chi connectivity index (χ1n) is 11.9. The number of carbonyl (C=O) groups is 3. The van der Waals surface area contributed by atoms with Gasteiger partial charge in [0.1, 0.15) is 17.6 Å². The molecule has 2 unspecified atom stereocenters. The third-order valence-electron chi connectivity index (χ3n) is 7.03. The number of aliphatic hydroxyl groups excluding tert-OH is 1. The van der Waals surface area contributed by atoms with Gasteiger partial charge in [-0.15, -0.1) is 0 Å². The smallest absolute Gasteiger partial charge is 0.296 e. The number of rotatable bonds is 6. The minimum Gasteiger partial charge on any atom is -0.507 e. The SMILES string of the molecule is CCN1C(=O)C2(C(=C(O)c3ccc4c(c3)CC(C)O4)C(=O)C(=O)N2CCCOC)c2ccccc21. The summed E-state index contributed by atoms with van der Waals surface area (Å²) in [5.41, 5.74) is 0.486. The van der Waals surface area contributed by atoms with E-state index in [-0.39, 0.29) is 24.0 Å². The Bertz CT molecular complexity index is 1270. The summed E-state index contributed by atoms with van der Waals surface area (Å²) < 4.78 is 10.9. The maximum absolute atomic E-state index is 14.1. The average Bonchev–Trinajstić information content (AvgIpc) is 3.42. The van der Waals surface area contributed by atoms with Crippen molar-refractivity contribution in [2.45, 2.75) is 38.3 Å². The van der Waals surface area contributed by atoms with Crippen molar-refractivity contribution < 1.29 is 29.0 Å². The number of carbonyl (C=O) groups excluding carboxylic acids is 3. The Kier molecular flexibility index (Phi) is 5.63. The van der Waals surface area contributed by atoms with E-state index in [1.807, 2.05) is 19.9 Å². The summed E-state index contributed by atoms with van der Waals surface area (Å²) in [6.45, 7) is 4.63. The van der Waals surface area contributed by atoms with Crippen LogP contribution in [0.3, 0.4) is 0 Å². The Morgan fingerprint density at radius 2 is 1.97 bits per heavy atom. The number of para-hydroxylation sites is 1. The summed E-state index contributed by atoms with van der Waals surface area (Å²) in [6.07, 6.45) is 1.10. The molecule has 182 valence electrons. The first-order chi connectivity index (χ1) is 16.9. The molecule has 2 amide bonds. The molecule has 0 radical (unpaired) electrons. The van der Waals surface area contributed by atoms with Gasteiger partial charge >= 0.3 is 0 Å². The highest BCUT2D eigenvalue weighted by molar-refractivity contribution is 6.50. The molecular weight excluding hydrogens is 448 g/mol. The molecule has 8 heteroatoms. The molecular formula is C27H28N2O6. The van der Waals surface area contributed by atoms with Crippen LogP contribution >= 0.6 is 0 Å². The zero-order valence-electron chi connectivity index (χ0n) is 20.0. The van der Waals surface area contributed by atoms with Crippen molar-refractivity contribution in [3.05, 3.63) is 64.7 Å². The number of benzene rings is 2. The highest BCUT2D eigenvalue weighted by Crippen LogP contribution is 2.53. The van der Waals surface area contributed by atoms with Crippen LogP contribution in [0.2, 0.25) is 0 Å². The lowest BCUT2D eigenvalue weighted by Gasteiger charge is -2.34. The first kappa shape index (κ1) is 23.1. The number of anilines is 1. The minimum atomic E-state index is -1.73. The van der Waals surface area contributed by atoms with Gasteiger partial charge in [-0.3, -0.25) is 14.4 Å². The summed E-state index contributed by atoms with van der Waals surface area (Å²) in [5.74, 6) is -1.73. The Balaban J connectivity index is 1.76. The maximum atomic E-state index is 14.1. The van der Waals surface area contributed by atoms with Gasteiger partial charge in [0.2, 0.25) is 0 Å². The van der Waals surface area contributed by atoms with Crippen molar-refractivity contribution in [3.8, 4) is 5.75 Å². The number of fused-ring (bicyclic) bond motifs is 3. The Morgan fingerprint density at radius 3 is 2.71 bits per heavy atom. The van der Waals surface area contributed by atoms with E-state index >= 15 is 0 Å². The quantitative estimate of drug-likeness (QED) is 0.298. The highest BCUT2D eigenvalue weighted by Gasteiger charge is 2.66. The van der Waals surface area contributed by atoms with Crippen LogP contribution in [-0.2, 0) is 31.1 Å². The third-order valence-corrected chi connectivity index (χ3v) is 7.03. The molecule has 2 atom stereocenters. The molecule has 5 rings (SSSR count). The van der Waals surface area contributed by atoms with Crippen molar-refractivity contribution in [1.29, 1.82) is 0 Å². The van der Waals surface area contributed by atoms with E-state index in [1.54, 1.807) is 48.4 Å². The van der Waals surface area contributed by atoms with Crippen molar-refractivity contribution in [3.63, 3.8) is 0 Å². The number of hydrogen-bond donors (Lipinski definition) is 1. The molecule has 0 aliphatic carbocycles. The van der Waals surface area contributed by atoms with Gasteiger partial charge in [-0.2, -0.15) is 0 Å². The van der Waals surface area contributed by atoms with Crippen molar-refractivity contribution in [1.82, 2.24) is 4.90 Å². The van der Waals surface area contributed by atoms with E-state index in [9.17, 15) is 19.5 Å². The van der Waals surface area contributed by atoms with Gasteiger partial charge in [-0.1, -0.05) is 18.2 Å². The fraction of sp³-hybridized carbons (Fsp3) is 0.370. The van der Waals surface area contributed by atoms with Gasteiger partial charge in [-0.05, 0) is 50.1 Å². The van der Waals surface area contributed by atoms with Crippen LogP contribution in [0.1, 0.15) is 37.0 Å². The predicted molar refractivity (Wildman–Crippen MR) is 129 cm³/mol. The lowest BCUT2D eigenvalue weighted by atomic mass is 9.81. The van der Waals surface area contributed by atoms with Crippen LogP contribution in [0.25, 0.3) is 5.76 Å². The Labute approximate surface area is 203 Å². The van der Waals surface area contributed by atoms with Crippen molar-refractivity contribution in [2.75, 3.05) is 31.7 Å². The standard InChI is InChI=1S/C27H28N2O6/c1-4-28-20-9-6-5-8-19(20)27(26(28)33)22(24(31)25(32)29(27)12-7-13-34-3)23(30)17-10-11-21-18(15-17)14-16(2)35-21/h5-6,8-11,15-16,30H,4,7,12-14H2,1-3H3. The lowest BCUT2D eigenvalue weighted by Crippen LogP contribution is -2.52. The second-order valence-electron chi connectivity index (χ2n) is 9.09. The van der Waals surface area contributed by atoms with Gasteiger partial charge in [0.25, 0.3) is 17.6 Å². The Hall–Kier alpha value is -3.65. The van der Waals surface area contributed by atoms with E-state index in [0.717, 1.165) is 11.3 Å². The van der Waals surface area contributed by atoms with Gasteiger partial charge in [0, 0.05) is 44.4 Å². The molecule has 3 heterocycles. The molecule has 2 aromatic carbocycles. The third kappa shape index (κ3) is 3.20. The van der Waals surface area contributed by atoms with E-state index in [4.69, 9.17) is 9.47 Å². The summed E-state index contributed by atoms with van der Waals surface area (Å²) in [6, 6.07) is 12.3. The number of hydrogen-bond acceptors (Lipinski definition) is 6. The molecule has 35 heavy (non-hydrogen) atoms. The fourth-order valence-corrected chi connectivity index (χ4v) is 5.56. The molecule has 8 nitrogen and oxygen atoms in total. The van der Waals surface area contributed by atoms with Gasteiger partial charge in [-0.25, -0.2) is 0 Å². The number of aliphatic hydroxyl groups is 1. The molecule has 0 aromatic heterocycles. The largest absolute Gasteiger partial charge is 0.507 e. The highest BCUT2D eigenvalue weighted by atomic mass is 16.5. The fourth-order valence-electron chi connectivity index (χ4n) is 5.56. The van der Waals surface area contributed by atoms with E-state index < -0.39 is 23.1 Å². The molecule has 3 aliphatic heterocycles. The summed E-state index contributed by atoms with van der Waals surface area (Å²) in [5, 5.41) is 11.6. The van der Waals surface area contributed by atoms with Crippen LogP contribution in [0.4, 0.5) is 5.69 Å². The van der Waals surface area contributed by atoms with Crippen molar-refractivity contribution >= 4 is 29.0 Å². The zero-order chi connectivity index (χ0) is 24.9. The number of ether oxygens (including phenoxy) is 2. The number of methoxy groups -OCH3 is 1. The topological polar surface area (TPSA) is 96.4 Å². The monoisotopic (exact) mass is 476 g/mol. The molecule has 0 bridgehead atoms. The van der Waals surface area contributed by atoms with Gasteiger partial charge in [0.15, 0.2) is 5.54 Å². The molecule has 3 aliphatic rings. The van der Waals surface area contributed by atoms with E-state index in [1.165, 1.54) is 4.90 Å². The molecule has 1 saturated heterocycles. The average molecular weight is 477 g/mol. The van der Waals surface area contributed by atoms with Crippen LogP contribution in [-0.4, -0.2) is 60.5 Å². The Morgan fingerprint density at radius 1 is 1.20 bits per heavy atom. The molecule has 1 spiro atoms. The number of Topliss-reactive ketones (excluding diaryl/α,β-unsaturated/α-hetero) is 1. The predicted octanol–water partition coefficient (Wildman–Crippen LogP) is 2.99. The zero-order valence-corrected chi connectivity index (χ0v) is 20.0. The number of ketones is 1. The molecule has 1 fully saturated rings. The molecule has 1 N–H and O–H groups in total. The summed E-state index contributed by atoms with van der Waals surface area (Å²) >= 11 is 0. The number of likely N-dealkylation sites (N-methyl/N-ethyl adjacent to an activating group) is 1. The second-order valence-corrected chi connectivity index (χ2v) is 9.09. The minimum absolute atomic E-state index is 0.00811.